The average molecular weight is 219 g/mol. The number of hydrogen-bond donors (Lipinski definition) is 1. The van der Waals surface area contributed by atoms with Crippen LogP contribution in [0.5, 0.6) is 0 Å². The van der Waals surface area contributed by atoms with Gasteiger partial charge in [-0.1, -0.05) is 5.21 Å². The molecular formula is C10H13N5O. The van der Waals surface area contributed by atoms with Crippen molar-refractivity contribution >= 4 is 5.69 Å². The monoisotopic (exact) mass is 219 g/mol. The van der Waals surface area contributed by atoms with Gasteiger partial charge in [-0.2, -0.15) is 0 Å². The van der Waals surface area contributed by atoms with Crippen LogP contribution in [0.15, 0.2) is 23.3 Å². The first-order valence-corrected chi connectivity index (χ1v) is 4.88. The van der Waals surface area contributed by atoms with Crippen molar-refractivity contribution in [3.05, 3.63) is 40.1 Å². The second-order valence-corrected chi connectivity index (χ2v) is 3.76. The molecule has 84 valence electrons. The first-order valence-electron chi connectivity index (χ1n) is 4.88. The maximum absolute atomic E-state index is 11.7. The van der Waals surface area contributed by atoms with E-state index in [4.69, 9.17) is 5.73 Å². The number of anilines is 1. The Labute approximate surface area is 92.3 Å². The summed E-state index contributed by atoms with van der Waals surface area (Å²) in [4.78, 5) is 11.7. The molecule has 0 aliphatic heterocycles. The maximum Gasteiger partial charge on any atom is 0.251 e. The SMILES string of the molecule is Cc1cc(=O)n(Cc2cn(C)nn2)cc1N. The van der Waals surface area contributed by atoms with Gasteiger partial charge in [-0.05, 0) is 12.5 Å². The van der Waals surface area contributed by atoms with Crippen LogP contribution in [-0.2, 0) is 13.6 Å². The predicted octanol–water partition coefficient (Wildman–Crippen LogP) is -0.0843. The largest absolute Gasteiger partial charge is 0.397 e. The average Bonchev–Trinajstić information content (AvgIpc) is 2.60. The van der Waals surface area contributed by atoms with Gasteiger partial charge in [0.05, 0.1) is 12.2 Å². The quantitative estimate of drug-likeness (QED) is 0.766. The molecule has 0 aliphatic rings. The molecule has 2 heterocycles. The molecule has 0 amide bonds. The molecule has 0 saturated heterocycles. The molecule has 0 radical (unpaired) electrons. The summed E-state index contributed by atoms with van der Waals surface area (Å²) in [5.74, 6) is 0. The maximum atomic E-state index is 11.7. The predicted molar refractivity (Wildman–Crippen MR) is 60.0 cm³/mol. The second-order valence-electron chi connectivity index (χ2n) is 3.76. The molecule has 2 rings (SSSR count). The topological polar surface area (TPSA) is 78.7 Å². The highest BCUT2D eigenvalue weighted by Crippen LogP contribution is 2.06. The summed E-state index contributed by atoms with van der Waals surface area (Å²) < 4.78 is 3.12. The molecule has 2 N–H and O–H groups in total. The Hall–Kier alpha value is -2.11. The van der Waals surface area contributed by atoms with Crippen molar-refractivity contribution in [2.75, 3.05) is 5.73 Å². The minimum absolute atomic E-state index is 0.0858. The third kappa shape index (κ3) is 1.95. The number of nitrogen functional groups attached to an aromatic ring is 1. The van der Waals surface area contributed by atoms with Gasteiger partial charge >= 0.3 is 0 Å². The molecule has 0 unspecified atom stereocenters. The van der Waals surface area contributed by atoms with Crippen molar-refractivity contribution in [1.82, 2.24) is 19.6 Å². The number of nitrogens with zero attached hydrogens (tertiary/aromatic N) is 4. The Morgan fingerprint density at radius 2 is 2.19 bits per heavy atom. The zero-order chi connectivity index (χ0) is 11.7. The zero-order valence-corrected chi connectivity index (χ0v) is 9.21. The molecular weight excluding hydrogens is 206 g/mol. The van der Waals surface area contributed by atoms with Crippen LogP contribution in [0.2, 0.25) is 0 Å². The van der Waals surface area contributed by atoms with E-state index in [1.165, 1.54) is 10.6 Å². The van der Waals surface area contributed by atoms with Crippen molar-refractivity contribution in [1.29, 1.82) is 0 Å². The molecule has 2 aromatic heterocycles. The molecule has 0 bridgehead atoms. The number of aromatic nitrogens is 4. The van der Waals surface area contributed by atoms with Crippen LogP contribution in [0.1, 0.15) is 11.3 Å². The third-order valence-corrected chi connectivity index (χ3v) is 2.36. The van der Waals surface area contributed by atoms with Gasteiger partial charge in [0.25, 0.3) is 5.56 Å². The standard InChI is InChI=1S/C10H13N5O/c1-7-3-10(16)15(6-9(7)11)5-8-4-14(2)13-12-8/h3-4,6H,5,11H2,1-2H3. The van der Waals surface area contributed by atoms with Gasteiger partial charge in [0, 0.05) is 25.5 Å². The summed E-state index contributed by atoms with van der Waals surface area (Å²) in [7, 11) is 1.78. The lowest BCUT2D eigenvalue weighted by Gasteiger charge is -2.05. The fraction of sp³-hybridized carbons (Fsp3) is 0.300. The van der Waals surface area contributed by atoms with Crippen molar-refractivity contribution in [3.8, 4) is 0 Å². The zero-order valence-electron chi connectivity index (χ0n) is 9.21. The van der Waals surface area contributed by atoms with Crippen LogP contribution in [0.25, 0.3) is 0 Å². The third-order valence-electron chi connectivity index (χ3n) is 2.36. The van der Waals surface area contributed by atoms with E-state index in [1.54, 1.807) is 24.1 Å². The number of aryl methyl sites for hydroxylation is 2. The van der Waals surface area contributed by atoms with Gasteiger partial charge in [0.15, 0.2) is 0 Å². The summed E-state index contributed by atoms with van der Waals surface area (Å²) in [6.45, 7) is 2.19. The molecule has 0 saturated carbocycles. The Morgan fingerprint density at radius 1 is 1.44 bits per heavy atom. The van der Waals surface area contributed by atoms with Crippen LogP contribution in [0.4, 0.5) is 5.69 Å². The highest BCUT2D eigenvalue weighted by molar-refractivity contribution is 5.43. The molecule has 0 aromatic carbocycles. The fourth-order valence-electron chi connectivity index (χ4n) is 1.45. The van der Waals surface area contributed by atoms with E-state index in [9.17, 15) is 4.79 Å². The van der Waals surface area contributed by atoms with Crippen molar-refractivity contribution in [2.45, 2.75) is 13.5 Å². The minimum Gasteiger partial charge on any atom is -0.397 e. The van der Waals surface area contributed by atoms with Crippen LogP contribution in [0, 0.1) is 6.92 Å². The van der Waals surface area contributed by atoms with E-state index >= 15 is 0 Å². The van der Waals surface area contributed by atoms with E-state index < -0.39 is 0 Å². The van der Waals surface area contributed by atoms with Gasteiger partial charge in [-0.25, -0.2) is 0 Å². The molecule has 0 atom stereocenters. The normalized spacial score (nSPS) is 10.6. The smallest absolute Gasteiger partial charge is 0.251 e. The van der Waals surface area contributed by atoms with Crippen LogP contribution in [0.3, 0.4) is 0 Å². The Morgan fingerprint density at radius 3 is 2.81 bits per heavy atom. The molecule has 0 aliphatic carbocycles. The summed E-state index contributed by atoms with van der Waals surface area (Å²) in [5.41, 5.74) is 7.78. The Balaban J connectivity index is 2.35. The number of pyridine rings is 1. The molecule has 0 spiro atoms. The number of hydrogen-bond acceptors (Lipinski definition) is 4. The highest BCUT2D eigenvalue weighted by atomic mass is 16.1. The summed E-state index contributed by atoms with van der Waals surface area (Å²) in [6, 6.07) is 1.52. The molecule has 0 fully saturated rings. The summed E-state index contributed by atoms with van der Waals surface area (Å²) in [5, 5.41) is 7.72. The van der Waals surface area contributed by atoms with Crippen molar-refractivity contribution in [2.24, 2.45) is 7.05 Å². The highest BCUT2D eigenvalue weighted by Gasteiger charge is 2.04. The molecule has 16 heavy (non-hydrogen) atoms. The van der Waals surface area contributed by atoms with Crippen molar-refractivity contribution < 1.29 is 0 Å². The fourth-order valence-corrected chi connectivity index (χ4v) is 1.45. The Bertz CT molecular complexity index is 569. The van der Waals surface area contributed by atoms with Gasteiger partial charge in [0.1, 0.15) is 5.69 Å². The van der Waals surface area contributed by atoms with E-state index in [1.807, 2.05) is 6.92 Å². The first-order chi connectivity index (χ1) is 7.56. The van der Waals surface area contributed by atoms with Gasteiger partial charge in [-0.3, -0.25) is 9.48 Å². The lowest BCUT2D eigenvalue weighted by molar-refractivity contribution is 0.705. The van der Waals surface area contributed by atoms with E-state index in [0.717, 1.165) is 11.3 Å². The summed E-state index contributed by atoms with van der Waals surface area (Å²) in [6.07, 6.45) is 3.40. The first kappa shape index (κ1) is 10.4. The van der Waals surface area contributed by atoms with Gasteiger partial charge in [-0.15, -0.1) is 5.10 Å². The van der Waals surface area contributed by atoms with Crippen LogP contribution in [-0.4, -0.2) is 19.6 Å². The van der Waals surface area contributed by atoms with E-state index in [-0.39, 0.29) is 5.56 Å². The minimum atomic E-state index is -0.0858. The lowest BCUT2D eigenvalue weighted by atomic mass is 10.2. The van der Waals surface area contributed by atoms with Crippen LogP contribution < -0.4 is 11.3 Å². The van der Waals surface area contributed by atoms with Gasteiger partial charge in [0.2, 0.25) is 0 Å². The van der Waals surface area contributed by atoms with Crippen molar-refractivity contribution in [3.63, 3.8) is 0 Å². The summed E-state index contributed by atoms with van der Waals surface area (Å²) >= 11 is 0. The second kappa shape index (κ2) is 3.80. The Kier molecular flexibility index (Phi) is 2.47. The van der Waals surface area contributed by atoms with E-state index in [2.05, 4.69) is 10.3 Å². The molecule has 6 nitrogen and oxygen atoms in total. The van der Waals surface area contributed by atoms with Crippen LogP contribution >= 0.6 is 0 Å². The number of rotatable bonds is 2. The molecule has 2 aromatic rings. The van der Waals surface area contributed by atoms with E-state index in [0.29, 0.717) is 12.2 Å². The van der Waals surface area contributed by atoms with Gasteiger partial charge < -0.3 is 10.3 Å². The lowest BCUT2D eigenvalue weighted by Crippen LogP contribution is -2.20. The molecule has 6 heteroatoms. The number of nitrogens with two attached hydrogens (primary N) is 1.